The SMILES string of the molecule is CC.CC(C)COC(=O)N1CCC(CN2CCN(C)CC2)CC1. The fraction of sp³-hybridized carbons (Fsp3) is 0.944. The molecule has 0 atom stereocenters. The van der Waals surface area contributed by atoms with Gasteiger partial charge >= 0.3 is 6.09 Å². The van der Waals surface area contributed by atoms with Crippen LogP contribution in [0.5, 0.6) is 0 Å². The quantitative estimate of drug-likeness (QED) is 0.795. The number of piperazine rings is 1. The summed E-state index contributed by atoms with van der Waals surface area (Å²) in [4.78, 5) is 18.8. The van der Waals surface area contributed by atoms with Gasteiger partial charge in [0.2, 0.25) is 0 Å². The van der Waals surface area contributed by atoms with Crippen LogP contribution in [0.25, 0.3) is 0 Å². The van der Waals surface area contributed by atoms with Gasteiger partial charge in [0.1, 0.15) is 0 Å². The summed E-state index contributed by atoms with van der Waals surface area (Å²) >= 11 is 0. The van der Waals surface area contributed by atoms with E-state index in [2.05, 4.69) is 30.7 Å². The third-order valence-corrected chi connectivity index (χ3v) is 4.53. The van der Waals surface area contributed by atoms with E-state index in [4.69, 9.17) is 4.74 Å². The van der Waals surface area contributed by atoms with Crippen molar-refractivity contribution < 1.29 is 9.53 Å². The molecule has 2 fully saturated rings. The van der Waals surface area contributed by atoms with E-state index in [0.717, 1.165) is 31.8 Å². The smallest absolute Gasteiger partial charge is 0.409 e. The molecule has 2 saturated heterocycles. The molecule has 5 nitrogen and oxygen atoms in total. The van der Waals surface area contributed by atoms with Gasteiger partial charge in [-0.2, -0.15) is 0 Å². The molecule has 23 heavy (non-hydrogen) atoms. The van der Waals surface area contributed by atoms with E-state index in [1.165, 1.54) is 32.7 Å². The van der Waals surface area contributed by atoms with Crippen LogP contribution in [0, 0.1) is 11.8 Å². The van der Waals surface area contributed by atoms with Gasteiger partial charge in [-0.3, -0.25) is 0 Å². The van der Waals surface area contributed by atoms with Gasteiger partial charge in [0, 0.05) is 45.8 Å². The minimum absolute atomic E-state index is 0.123. The van der Waals surface area contributed by atoms with E-state index in [0.29, 0.717) is 12.5 Å². The van der Waals surface area contributed by atoms with Crippen LogP contribution in [0.3, 0.4) is 0 Å². The minimum atomic E-state index is -0.123. The lowest BCUT2D eigenvalue weighted by Gasteiger charge is -2.37. The highest BCUT2D eigenvalue weighted by molar-refractivity contribution is 5.67. The Kier molecular flexibility index (Phi) is 9.56. The first-order valence-electron chi connectivity index (χ1n) is 9.37. The van der Waals surface area contributed by atoms with Crippen molar-refractivity contribution in [2.45, 2.75) is 40.5 Å². The van der Waals surface area contributed by atoms with Gasteiger partial charge in [0.05, 0.1) is 6.61 Å². The Bertz CT molecular complexity index is 320. The molecular formula is C18H37N3O2. The largest absolute Gasteiger partial charge is 0.449 e. The molecule has 136 valence electrons. The fourth-order valence-electron chi connectivity index (χ4n) is 3.02. The lowest BCUT2D eigenvalue weighted by Crippen LogP contribution is -2.48. The summed E-state index contributed by atoms with van der Waals surface area (Å²) in [5, 5.41) is 0. The molecule has 0 spiro atoms. The summed E-state index contributed by atoms with van der Waals surface area (Å²) in [6, 6.07) is 0. The number of hydrogen-bond acceptors (Lipinski definition) is 4. The van der Waals surface area contributed by atoms with Gasteiger partial charge in [-0.25, -0.2) is 4.79 Å². The number of carbonyl (C=O) groups is 1. The van der Waals surface area contributed by atoms with E-state index >= 15 is 0 Å². The number of amides is 1. The normalized spacial score (nSPS) is 21.0. The number of likely N-dealkylation sites (N-methyl/N-ethyl adjacent to an activating group) is 1. The Hall–Kier alpha value is -0.810. The first kappa shape index (κ1) is 20.2. The Morgan fingerprint density at radius 2 is 1.61 bits per heavy atom. The third-order valence-electron chi connectivity index (χ3n) is 4.53. The minimum Gasteiger partial charge on any atom is -0.449 e. The Labute approximate surface area is 142 Å². The molecule has 2 aliphatic heterocycles. The summed E-state index contributed by atoms with van der Waals surface area (Å²) in [5.74, 6) is 1.14. The van der Waals surface area contributed by atoms with Gasteiger partial charge < -0.3 is 19.4 Å². The molecule has 0 aromatic carbocycles. The van der Waals surface area contributed by atoms with Crippen LogP contribution >= 0.6 is 0 Å². The summed E-state index contributed by atoms with van der Waals surface area (Å²) in [6.45, 7) is 16.3. The average molecular weight is 328 g/mol. The molecule has 2 rings (SSSR count). The summed E-state index contributed by atoms with van der Waals surface area (Å²) in [7, 11) is 2.19. The summed E-state index contributed by atoms with van der Waals surface area (Å²) < 4.78 is 5.31. The highest BCUT2D eigenvalue weighted by Crippen LogP contribution is 2.19. The number of likely N-dealkylation sites (tertiary alicyclic amines) is 1. The number of piperidine rings is 1. The van der Waals surface area contributed by atoms with Crippen molar-refractivity contribution in [1.82, 2.24) is 14.7 Å². The molecule has 2 aliphatic rings. The summed E-state index contributed by atoms with van der Waals surface area (Å²) in [5.41, 5.74) is 0. The van der Waals surface area contributed by atoms with Crippen LogP contribution in [-0.2, 0) is 4.74 Å². The summed E-state index contributed by atoms with van der Waals surface area (Å²) in [6.07, 6.45) is 2.11. The number of rotatable bonds is 4. The van der Waals surface area contributed by atoms with Gasteiger partial charge in [-0.05, 0) is 31.7 Å². The van der Waals surface area contributed by atoms with Crippen LogP contribution in [0.4, 0.5) is 4.79 Å². The van der Waals surface area contributed by atoms with Crippen molar-refractivity contribution in [3.8, 4) is 0 Å². The van der Waals surface area contributed by atoms with E-state index in [9.17, 15) is 4.79 Å². The predicted molar refractivity (Wildman–Crippen MR) is 95.8 cm³/mol. The average Bonchev–Trinajstić information content (AvgIpc) is 2.57. The molecule has 0 radical (unpaired) electrons. The number of carbonyl (C=O) groups excluding carboxylic acids is 1. The maximum atomic E-state index is 11.9. The molecule has 1 amide bonds. The van der Waals surface area contributed by atoms with Crippen molar-refractivity contribution in [3.05, 3.63) is 0 Å². The van der Waals surface area contributed by atoms with Crippen molar-refractivity contribution in [1.29, 1.82) is 0 Å². The van der Waals surface area contributed by atoms with Crippen LogP contribution in [0.2, 0.25) is 0 Å². The highest BCUT2D eigenvalue weighted by Gasteiger charge is 2.26. The van der Waals surface area contributed by atoms with Gasteiger partial charge in [-0.1, -0.05) is 27.7 Å². The van der Waals surface area contributed by atoms with Crippen LogP contribution in [0.15, 0.2) is 0 Å². The maximum Gasteiger partial charge on any atom is 0.409 e. The topological polar surface area (TPSA) is 36.0 Å². The Morgan fingerprint density at radius 3 is 2.13 bits per heavy atom. The van der Waals surface area contributed by atoms with Gasteiger partial charge in [0.25, 0.3) is 0 Å². The van der Waals surface area contributed by atoms with Gasteiger partial charge in [0.15, 0.2) is 0 Å². The second kappa shape index (κ2) is 10.9. The number of ether oxygens (including phenoxy) is 1. The zero-order valence-electron chi connectivity index (χ0n) is 15.9. The highest BCUT2D eigenvalue weighted by atomic mass is 16.6. The fourth-order valence-corrected chi connectivity index (χ4v) is 3.02. The van der Waals surface area contributed by atoms with Crippen LogP contribution < -0.4 is 0 Å². The second-order valence-corrected chi connectivity index (χ2v) is 7.01. The molecule has 0 aliphatic carbocycles. The van der Waals surface area contributed by atoms with E-state index < -0.39 is 0 Å². The first-order valence-corrected chi connectivity index (χ1v) is 9.37. The number of hydrogen-bond donors (Lipinski definition) is 0. The van der Waals surface area contributed by atoms with Gasteiger partial charge in [-0.15, -0.1) is 0 Å². The molecule has 0 aromatic rings. The monoisotopic (exact) mass is 327 g/mol. The lowest BCUT2D eigenvalue weighted by atomic mass is 9.96. The molecular weight excluding hydrogens is 290 g/mol. The standard InChI is InChI=1S/C16H31N3O2.C2H6/c1-14(2)13-21-16(20)19-6-4-15(5-7-19)12-18-10-8-17(3)9-11-18;1-2/h14-15H,4-13H2,1-3H3;1-2H3. The van der Waals surface area contributed by atoms with Crippen LogP contribution in [0.1, 0.15) is 40.5 Å². The lowest BCUT2D eigenvalue weighted by molar-refractivity contribution is 0.0696. The Balaban J connectivity index is 0.00000127. The van der Waals surface area contributed by atoms with Crippen molar-refractivity contribution >= 4 is 6.09 Å². The first-order chi connectivity index (χ1) is 11.0. The zero-order valence-corrected chi connectivity index (χ0v) is 15.9. The van der Waals surface area contributed by atoms with Crippen molar-refractivity contribution in [2.24, 2.45) is 11.8 Å². The number of nitrogens with zero attached hydrogens (tertiary/aromatic N) is 3. The molecule has 0 aromatic heterocycles. The molecule has 0 N–H and O–H groups in total. The Morgan fingerprint density at radius 1 is 1.04 bits per heavy atom. The predicted octanol–water partition coefficient (Wildman–Crippen LogP) is 2.76. The molecule has 2 heterocycles. The van der Waals surface area contributed by atoms with Crippen molar-refractivity contribution in [3.63, 3.8) is 0 Å². The van der Waals surface area contributed by atoms with Crippen LogP contribution in [-0.4, -0.2) is 80.3 Å². The van der Waals surface area contributed by atoms with Crippen molar-refractivity contribution in [2.75, 3.05) is 59.5 Å². The zero-order chi connectivity index (χ0) is 17.2. The molecule has 0 unspecified atom stereocenters. The third kappa shape index (κ3) is 7.53. The van der Waals surface area contributed by atoms with E-state index in [1.807, 2.05) is 18.7 Å². The second-order valence-electron chi connectivity index (χ2n) is 7.01. The molecule has 0 saturated carbocycles. The van der Waals surface area contributed by atoms with E-state index in [1.54, 1.807) is 0 Å². The molecule has 0 bridgehead atoms. The maximum absolute atomic E-state index is 11.9. The molecule has 5 heteroatoms. The van der Waals surface area contributed by atoms with E-state index in [-0.39, 0.29) is 6.09 Å².